The number of hydrogen-bond donors (Lipinski definition) is 0. The first kappa shape index (κ1) is 13.6. The summed E-state index contributed by atoms with van der Waals surface area (Å²) in [5, 5.41) is 0. The lowest BCUT2D eigenvalue weighted by molar-refractivity contribution is -0.104. The van der Waals surface area contributed by atoms with Crippen molar-refractivity contribution >= 4 is 6.29 Å². The summed E-state index contributed by atoms with van der Waals surface area (Å²) in [4.78, 5) is 12.9. The van der Waals surface area contributed by atoms with Gasteiger partial charge in [0.05, 0.1) is 6.04 Å². The third-order valence-corrected chi connectivity index (χ3v) is 4.08. The maximum Gasteiger partial charge on any atom is 0.144 e. The van der Waals surface area contributed by atoms with Crippen molar-refractivity contribution in [3.63, 3.8) is 0 Å². The molecule has 1 aliphatic rings. The number of rotatable bonds is 4. The van der Waals surface area contributed by atoms with Crippen molar-refractivity contribution in [2.45, 2.75) is 18.9 Å². The second-order valence-electron chi connectivity index (χ2n) is 5.37. The van der Waals surface area contributed by atoms with Crippen LogP contribution in [0.4, 0.5) is 0 Å². The van der Waals surface area contributed by atoms with Crippen LogP contribution < -0.4 is 0 Å². The second kappa shape index (κ2) is 6.40. The zero-order chi connectivity index (χ0) is 14.5. The number of hydrogen-bond acceptors (Lipinski definition) is 2. The Morgan fingerprint density at radius 3 is 2.62 bits per heavy atom. The van der Waals surface area contributed by atoms with Crippen LogP contribution in [0.3, 0.4) is 0 Å². The van der Waals surface area contributed by atoms with E-state index in [0.29, 0.717) is 6.04 Å². The minimum Gasteiger partial charge on any atom is -0.370 e. The van der Waals surface area contributed by atoms with Gasteiger partial charge in [-0.3, -0.25) is 4.79 Å². The zero-order valence-corrected chi connectivity index (χ0v) is 12.0. The quantitative estimate of drug-likeness (QED) is 0.629. The van der Waals surface area contributed by atoms with Crippen LogP contribution in [0.2, 0.25) is 0 Å². The maximum absolute atomic E-state index is 10.6. The maximum atomic E-state index is 10.6. The van der Waals surface area contributed by atoms with Crippen molar-refractivity contribution < 1.29 is 4.79 Å². The van der Waals surface area contributed by atoms with Crippen LogP contribution >= 0.6 is 0 Å². The normalized spacial score (nSPS) is 17.7. The van der Waals surface area contributed by atoms with E-state index in [2.05, 4.69) is 53.4 Å². The summed E-state index contributed by atoms with van der Waals surface area (Å²) in [5.74, 6) is 0. The minimum atomic E-state index is 0.300. The zero-order valence-electron chi connectivity index (χ0n) is 12.0. The number of carbonyl (C=O) groups is 1. The minimum absolute atomic E-state index is 0.300. The molecular formula is C19H19NO. The summed E-state index contributed by atoms with van der Waals surface area (Å²) >= 11 is 0. The molecule has 0 radical (unpaired) electrons. The van der Waals surface area contributed by atoms with Gasteiger partial charge in [0.1, 0.15) is 6.29 Å². The molecule has 1 unspecified atom stereocenters. The number of carbonyl (C=O) groups excluding carboxylic acids is 1. The molecule has 0 saturated heterocycles. The van der Waals surface area contributed by atoms with E-state index in [-0.39, 0.29) is 0 Å². The molecule has 2 aromatic rings. The Kier molecular flexibility index (Phi) is 4.15. The average Bonchev–Trinajstić information content (AvgIpc) is 2.55. The molecule has 2 aromatic carbocycles. The Morgan fingerprint density at radius 1 is 1.05 bits per heavy atom. The fraction of sp³-hybridized carbons (Fsp3) is 0.211. The molecule has 1 heterocycles. The molecular weight excluding hydrogens is 258 g/mol. The smallest absolute Gasteiger partial charge is 0.144 e. The Labute approximate surface area is 125 Å². The average molecular weight is 277 g/mol. The second-order valence-corrected chi connectivity index (χ2v) is 5.37. The first-order valence-corrected chi connectivity index (χ1v) is 7.38. The molecule has 1 aliphatic heterocycles. The molecule has 0 N–H and O–H groups in total. The van der Waals surface area contributed by atoms with Crippen molar-refractivity contribution in [2.75, 3.05) is 6.54 Å². The van der Waals surface area contributed by atoms with E-state index in [1.165, 1.54) is 16.7 Å². The monoisotopic (exact) mass is 277 g/mol. The van der Waals surface area contributed by atoms with Gasteiger partial charge >= 0.3 is 0 Å². The summed E-state index contributed by atoms with van der Waals surface area (Å²) in [6.07, 6.45) is 6.36. The van der Waals surface area contributed by atoms with Crippen LogP contribution in [-0.2, 0) is 17.6 Å². The van der Waals surface area contributed by atoms with Crippen molar-refractivity contribution in [1.82, 2.24) is 4.90 Å². The van der Waals surface area contributed by atoms with Crippen LogP contribution in [0.1, 0.15) is 22.7 Å². The van der Waals surface area contributed by atoms with Gasteiger partial charge in [-0.05, 0) is 35.6 Å². The molecule has 0 fully saturated rings. The molecule has 0 aliphatic carbocycles. The predicted molar refractivity (Wildman–Crippen MR) is 84.9 cm³/mol. The summed E-state index contributed by atoms with van der Waals surface area (Å²) in [6, 6.07) is 19.5. The molecule has 0 bridgehead atoms. The Bertz CT molecular complexity index is 633. The van der Waals surface area contributed by atoms with Gasteiger partial charge in [-0.1, -0.05) is 54.6 Å². The number of allylic oxidation sites excluding steroid dienone is 1. The van der Waals surface area contributed by atoms with Gasteiger partial charge in [-0.25, -0.2) is 0 Å². The highest BCUT2D eigenvalue weighted by molar-refractivity contribution is 5.64. The van der Waals surface area contributed by atoms with E-state index in [1.54, 1.807) is 6.08 Å². The van der Waals surface area contributed by atoms with E-state index in [0.717, 1.165) is 25.7 Å². The van der Waals surface area contributed by atoms with Crippen LogP contribution in [0.25, 0.3) is 0 Å². The third-order valence-electron chi connectivity index (χ3n) is 4.08. The van der Waals surface area contributed by atoms with Crippen molar-refractivity contribution in [1.29, 1.82) is 0 Å². The largest absolute Gasteiger partial charge is 0.370 e. The van der Waals surface area contributed by atoms with E-state index < -0.39 is 0 Å². The van der Waals surface area contributed by atoms with Crippen LogP contribution in [0.15, 0.2) is 66.9 Å². The van der Waals surface area contributed by atoms with Gasteiger partial charge in [-0.2, -0.15) is 0 Å². The fourth-order valence-electron chi connectivity index (χ4n) is 3.06. The lowest BCUT2D eigenvalue weighted by Gasteiger charge is -2.37. The lowest BCUT2D eigenvalue weighted by Crippen LogP contribution is -2.32. The van der Waals surface area contributed by atoms with Gasteiger partial charge in [0, 0.05) is 12.7 Å². The van der Waals surface area contributed by atoms with Crippen LogP contribution in [0.5, 0.6) is 0 Å². The Balaban J connectivity index is 1.93. The third kappa shape index (κ3) is 3.05. The standard InChI is InChI=1S/C19H19NO/c21-14-6-12-20-13-11-17-9-4-5-10-18(17)19(20)15-16-7-2-1-3-8-16/h1-10,12,14,19H,11,13,15H2. The molecule has 21 heavy (non-hydrogen) atoms. The first-order valence-electron chi connectivity index (χ1n) is 7.38. The molecule has 0 spiro atoms. The predicted octanol–water partition coefficient (Wildman–Crippen LogP) is 3.54. The topological polar surface area (TPSA) is 20.3 Å². The lowest BCUT2D eigenvalue weighted by atomic mass is 9.89. The Morgan fingerprint density at radius 2 is 1.81 bits per heavy atom. The molecule has 0 saturated carbocycles. The summed E-state index contributed by atoms with van der Waals surface area (Å²) < 4.78 is 0. The molecule has 2 nitrogen and oxygen atoms in total. The summed E-state index contributed by atoms with van der Waals surface area (Å²) in [6.45, 7) is 0.957. The van der Waals surface area contributed by atoms with E-state index >= 15 is 0 Å². The van der Waals surface area contributed by atoms with Crippen molar-refractivity contribution in [3.05, 3.63) is 83.6 Å². The van der Waals surface area contributed by atoms with Gasteiger partial charge in [-0.15, -0.1) is 0 Å². The molecule has 3 rings (SSSR count). The molecule has 1 atom stereocenters. The number of aldehydes is 1. The van der Waals surface area contributed by atoms with E-state index in [1.807, 2.05) is 12.3 Å². The SMILES string of the molecule is O=CC=CN1CCc2ccccc2C1Cc1ccccc1. The fourth-order valence-corrected chi connectivity index (χ4v) is 3.06. The summed E-state index contributed by atoms with van der Waals surface area (Å²) in [7, 11) is 0. The Hall–Kier alpha value is -2.35. The van der Waals surface area contributed by atoms with E-state index in [4.69, 9.17) is 0 Å². The highest BCUT2D eigenvalue weighted by Gasteiger charge is 2.24. The van der Waals surface area contributed by atoms with Gasteiger partial charge in [0.15, 0.2) is 0 Å². The molecule has 0 aromatic heterocycles. The van der Waals surface area contributed by atoms with E-state index in [9.17, 15) is 4.79 Å². The van der Waals surface area contributed by atoms with Gasteiger partial charge < -0.3 is 4.90 Å². The van der Waals surface area contributed by atoms with Gasteiger partial charge in [0.2, 0.25) is 0 Å². The van der Waals surface area contributed by atoms with Crippen LogP contribution in [0, 0.1) is 0 Å². The number of fused-ring (bicyclic) bond motifs is 1. The first-order chi connectivity index (χ1) is 10.4. The molecule has 0 amide bonds. The van der Waals surface area contributed by atoms with Crippen LogP contribution in [-0.4, -0.2) is 17.7 Å². The van der Waals surface area contributed by atoms with Crippen molar-refractivity contribution in [2.24, 2.45) is 0 Å². The number of benzene rings is 2. The highest BCUT2D eigenvalue weighted by atomic mass is 16.1. The molecule has 2 heteroatoms. The van der Waals surface area contributed by atoms with Gasteiger partial charge in [0.25, 0.3) is 0 Å². The highest BCUT2D eigenvalue weighted by Crippen LogP contribution is 2.32. The summed E-state index contributed by atoms with van der Waals surface area (Å²) in [5.41, 5.74) is 4.13. The number of nitrogens with zero attached hydrogens (tertiary/aromatic N) is 1. The molecule has 106 valence electrons. The van der Waals surface area contributed by atoms with Crippen molar-refractivity contribution in [3.8, 4) is 0 Å².